The molecule has 0 spiro atoms. The maximum atomic E-state index is 11.4. The molecule has 0 aromatic heterocycles. The molecule has 0 radical (unpaired) electrons. The highest BCUT2D eigenvalue weighted by Crippen LogP contribution is 2.03. The quantitative estimate of drug-likeness (QED) is 0.567. The van der Waals surface area contributed by atoms with E-state index < -0.39 is 17.8 Å². The maximum absolute atomic E-state index is 11.4. The molecule has 0 aliphatic rings. The van der Waals surface area contributed by atoms with Crippen LogP contribution < -0.4 is 21.5 Å². The molecule has 1 aromatic rings. The van der Waals surface area contributed by atoms with E-state index in [1.165, 1.54) is 6.92 Å². The van der Waals surface area contributed by atoms with Crippen LogP contribution in [0.25, 0.3) is 0 Å². The molecular formula is C11H14N4O3. The van der Waals surface area contributed by atoms with Gasteiger partial charge in [-0.05, 0) is 12.1 Å². The van der Waals surface area contributed by atoms with Crippen LogP contribution in [0.4, 0.5) is 10.5 Å². The van der Waals surface area contributed by atoms with Crippen molar-refractivity contribution in [1.29, 1.82) is 0 Å². The molecule has 4 amide bonds. The van der Waals surface area contributed by atoms with Crippen LogP contribution in [-0.2, 0) is 9.59 Å². The zero-order valence-corrected chi connectivity index (χ0v) is 9.82. The van der Waals surface area contributed by atoms with Gasteiger partial charge in [0, 0.05) is 12.6 Å². The number of para-hydroxylation sites is 1. The van der Waals surface area contributed by atoms with E-state index in [0.29, 0.717) is 5.69 Å². The second-order valence-electron chi connectivity index (χ2n) is 3.40. The number of hydrogen-bond acceptors (Lipinski definition) is 3. The molecule has 0 unspecified atom stereocenters. The Morgan fingerprint density at radius 3 is 2.33 bits per heavy atom. The molecule has 0 bridgehead atoms. The summed E-state index contributed by atoms with van der Waals surface area (Å²) < 4.78 is 0. The second kappa shape index (κ2) is 6.89. The summed E-state index contributed by atoms with van der Waals surface area (Å²) in [6.07, 6.45) is 0. The Bertz CT molecular complexity index is 433. The smallest absolute Gasteiger partial charge is 0.319 e. The number of anilines is 1. The van der Waals surface area contributed by atoms with Crippen LogP contribution >= 0.6 is 0 Å². The Kier molecular flexibility index (Phi) is 5.17. The van der Waals surface area contributed by atoms with Gasteiger partial charge in [0.25, 0.3) is 5.91 Å². The number of rotatable bonds is 3. The molecule has 0 fully saturated rings. The highest BCUT2D eigenvalue weighted by atomic mass is 16.2. The lowest BCUT2D eigenvalue weighted by atomic mass is 10.3. The molecule has 0 aliphatic heterocycles. The fraction of sp³-hybridized carbons (Fsp3) is 0.182. The molecule has 0 aliphatic carbocycles. The van der Waals surface area contributed by atoms with Crippen molar-refractivity contribution in [2.75, 3.05) is 11.9 Å². The maximum Gasteiger partial charge on any atom is 0.319 e. The molecule has 0 heterocycles. The van der Waals surface area contributed by atoms with Gasteiger partial charge in [0.2, 0.25) is 5.91 Å². The minimum atomic E-state index is -0.520. The van der Waals surface area contributed by atoms with Gasteiger partial charge in [-0.25, -0.2) is 4.79 Å². The highest BCUT2D eigenvalue weighted by molar-refractivity contribution is 5.92. The van der Waals surface area contributed by atoms with Gasteiger partial charge in [0.15, 0.2) is 0 Å². The lowest BCUT2D eigenvalue weighted by molar-refractivity contribution is -0.127. The fourth-order valence-electron chi connectivity index (χ4n) is 1.06. The van der Waals surface area contributed by atoms with Crippen molar-refractivity contribution >= 4 is 23.5 Å². The van der Waals surface area contributed by atoms with Gasteiger partial charge in [-0.1, -0.05) is 18.2 Å². The minimum Gasteiger partial charge on any atom is -0.329 e. The van der Waals surface area contributed by atoms with Gasteiger partial charge in [-0.2, -0.15) is 0 Å². The second-order valence-corrected chi connectivity index (χ2v) is 3.40. The largest absolute Gasteiger partial charge is 0.329 e. The van der Waals surface area contributed by atoms with Crippen molar-refractivity contribution in [1.82, 2.24) is 16.2 Å². The van der Waals surface area contributed by atoms with Crippen LogP contribution in [0.15, 0.2) is 30.3 Å². The molecular weight excluding hydrogens is 236 g/mol. The van der Waals surface area contributed by atoms with E-state index in [0.717, 1.165) is 0 Å². The third kappa shape index (κ3) is 5.50. The summed E-state index contributed by atoms with van der Waals surface area (Å²) in [6.45, 7) is 1.02. The molecule has 1 aromatic carbocycles. The summed E-state index contributed by atoms with van der Waals surface area (Å²) in [5, 5.41) is 4.89. The standard InChI is InChI=1S/C11H14N4O3/c1-8(16)14-15-10(17)7-12-11(18)13-9-5-3-2-4-6-9/h2-6H,7H2,1H3,(H,14,16)(H,15,17)(H2,12,13,18). The number of benzene rings is 1. The fourth-order valence-corrected chi connectivity index (χ4v) is 1.06. The lowest BCUT2D eigenvalue weighted by Crippen LogP contribution is -2.46. The van der Waals surface area contributed by atoms with E-state index in [9.17, 15) is 14.4 Å². The molecule has 7 nitrogen and oxygen atoms in total. The van der Waals surface area contributed by atoms with E-state index in [1.54, 1.807) is 24.3 Å². The predicted octanol–water partition coefficient (Wildman–Crippen LogP) is -0.0246. The third-order valence-electron chi connectivity index (χ3n) is 1.82. The molecule has 96 valence electrons. The van der Waals surface area contributed by atoms with Gasteiger partial charge < -0.3 is 10.6 Å². The average molecular weight is 250 g/mol. The summed E-state index contributed by atoms with van der Waals surface area (Å²) in [5.74, 6) is -0.912. The molecule has 0 saturated carbocycles. The van der Waals surface area contributed by atoms with Crippen molar-refractivity contribution in [2.24, 2.45) is 0 Å². The number of carbonyl (C=O) groups is 3. The molecule has 7 heteroatoms. The number of amides is 4. The van der Waals surface area contributed by atoms with Crippen molar-refractivity contribution in [3.05, 3.63) is 30.3 Å². The summed E-state index contributed by atoms with van der Waals surface area (Å²) in [6, 6.07) is 8.31. The molecule has 18 heavy (non-hydrogen) atoms. The number of hydrogen-bond donors (Lipinski definition) is 4. The highest BCUT2D eigenvalue weighted by Gasteiger charge is 2.05. The Labute approximate surface area is 104 Å². The zero-order chi connectivity index (χ0) is 13.4. The van der Waals surface area contributed by atoms with Crippen LogP contribution in [0, 0.1) is 0 Å². The van der Waals surface area contributed by atoms with Gasteiger partial charge in [-0.3, -0.25) is 20.4 Å². The average Bonchev–Trinajstić information content (AvgIpc) is 2.35. The normalized spacial score (nSPS) is 9.17. The van der Waals surface area contributed by atoms with E-state index >= 15 is 0 Å². The number of carbonyl (C=O) groups excluding carboxylic acids is 3. The third-order valence-corrected chi connectivity index (χ3v) is 1.82. The SMILES string of the molecule is CC(=O)NNC(=O)CNC(=O)Nc1ccccc1. The first-order valence-corrected chi connectivity index (χ1v) is 5.23. The van der Waals surface area contributed by atoms with E-state index in [2.05, 4.69) is 21.5 Å². The Balaban J connectivity index is 2.25. The molecule has 1 rings (SSSR count). The van der Waals surface area contributed by atoms with Gasteiger partial charge in [0.05, 0.1) is 0 Å². The topological polar surface area (TPSA) is 99.3 Å². The van der Waals surface area contributed by atoms with Crippen molar-refractivity contribution < 1.29 is 14.4 Å². The van der Waals surface area contributed by atoms with Crippen LogP contribution in [0.1, 0.15) is 6.92 Å². The monoisotopic (exact) mass is 250 g/mol. The van der Waals surface area contributed by atoms with E-state index in [-0.39, 0.29) is 6.54 Å². The number of hydrazine groups is 1. The van der Waals surface area contributed by atoms with Crippen LogP contribution in [-0.4, -0.2) is 24.4 Å². The Morgan fingerprint density at radius 1 is 1.06 bits per heavy atom. The summed E-state index contributed by atoms with van der Waals surface area (Å²) in [4.78, 5) is 33.0. The summed E-state index contributed by atoms with van der Waals surface area (Å²) >= 11 is 0. The molecule has 4 N–H and O–H groups in total. The van der Waals surface area contributed by atoms with Gasteiger partial charge >= 0.3 is 6.03 Å². The number of urea groups is 1. The van der Waals surface area contributed by atoms with Gasteiger partial charge in [0.1, 0.15) is 6.54 Å². The van der Waals surface area contributed by atoms with Crippen LogP contribution in [0.3, 0.4) is 0 Å². The van der Waals surface area contributed by atoms with Crippen LogP contribution in [0.5, 0.6) is 0 Å². The zero-order valence-electron chi connectivity index (χ0n) is 9.82. The molecule has 0 atom stereocenters. The molecule has 0 saturated heterocycles. The summed E-state index contributed by atoms with van der Waals surface area (Å²) in [5.41, 5.74) is 4.85. The summed E-state index contributed by atoms with van der Waals surface area (Å²) in [7, 11) is 0. The first-order chi connectivity index (χ1) is 8.58. The Morgan fingerprint density at radius 2 is 1.72 bits per heavy atom. The van der Waals surface area contributed by atoms with Crippen molar-refractivity contribution in [3.8, 4) is 0 Å². The lowest BCUT2D eigenvalue weighted by Gasteiger charge is -2.08. The first-order valence-electron chi connectivity index (χ1n) is 5.23. The Hall–Kier alpha value is -2.57. The predicted molar refractivity (Wildman–Crippen MR) is 65.4 cm³/mol. The van der Waals surface area contributed by atoms with Crippen LogP contribution in [0.2, 0.25) is 0 Å². The minimum absolute atomic E-state index is 0.237. The first kappa shape index (κ1) is 13.5. The van der Waals surface area contributed by atoms with E-state index in [4.69, 9.17) is 0 Å². The number of nitrogens with one attached hydrogen (secondary N) is 4. The van der Waals surface area contributed by atoms with Crippen molar-refractivity contribution in [2.45, 2.75) is 6.92 Å². The van der Waals surface area contributed by atoms with E-state index in [1.807, 2.05) is 6.07 Å². The van der Waals surface area contributed by atoms with Crippen molar-refractivity contribution in [3.63, 3.8) is 0 Å². The van der Waals surface area contributed by atoms with Gasteiger partial charge in [-0.15, -0.1) is 0 Å².